The molecule has 1 rings (SSSR count). The number of benzene rings is 1. The van der Waals surface area contributed by atoms with Crippen LogP contribution in [0.4, 0.5) is 5.69 Å². The van der Waals surface area contributed by atoms with Crippen molar-refractivity contribution in [1.82, 2.24) is 4.90 Å². The molecule has 0 aliphatic rings. The van der Waals surface area contributed by atoms with Crippen LogP contribution in [0.2, 0.25) is 0 Å². The number of hydrogen-bond acceptors (Lipinski definition) is 2. The van der Waals surface area contributed by atoms with Crippen molar-refractivity contribution < 1.29 is 4.79 Å². The second kappa shape index (κ2) is 7.54. The van der Waals surface area contributed by atoms with Crippen molar-refractivity contribution in [3.05, 3.63) is 28.2 Å². The van der Waals surface area contributed by atoms with Crippen molar-refractivity contribution in [3.8, 4) is 0 Å². The molecular weight excluding hydrogens is 292 g/mol. The molecule has 0 saturated carbocycles. The lowest BCUT2D eigenvalue weighted by Crippen LogP contribution is -2.30. The first kappa shape index (κ1) is 15.2. The number of likely N-dealkylation sites (N-methyl/N-ethyl adjacent to an activating group) is 1. The average molecular weight is 313 g/mol. The molecule has 0 bridgehead atoms. The van der Waals surface area contributed by atoms with E-state index in [2.05, 4.69) is 28.2 Å². The molecule has 0 unspecified atom stereocenters. The molecule has 0 heterocycles. The smallest absolute Gasteiger partial charge is 0.238 e. The molecule has 0 aliphatic heterocycles. The van der Waals surface area contributed by atoms with Crippen LogP contribution in [-0.2, 0) is 4.79 Å². The molecule has 0 saturated heterocycles. The number of aryl methyl sites for hydroxylation is 1. The number of carbonyl (C=O) groups is 1. The summed E-state index contributed by atoms with van der Waals surface area (Å²) in [6.45, 7) is 5.56. The fourth-order valence-electron chi connectivity index (χ4n) is 1.66. The van der Waals surface area contributed by atoms with Gasteiger partial charge in [-0.1, -0.05) is 19.4 Å². The van der Waals surface area contributed by atoms with Crippen LogP contribution in [0, 0.1) is 6.92 Å². The maximum atomic E-state index is 11.8. The zero-order valence-corrected chi connectivity index (χ0v) is 12.9. The minimum atomic E-state index is 0.0261. The third kappa shape index (κ3) is 5.19. The summed E-state index contributed by atoms with van der Waals surface area (Å²) < 4.78 is 0.923. The van der Waals surface area contributed by atoms with E-state index in [1.54, 1.807) is 0 Å². The van der Waals surface area contributed by atoms with Crippen LogP contribution in [0.25, 0.3) is 0 Å². The predicted molar refractivity (Wildman–Crippen MR) is 79.9 cm³/mol. The van der Waals surface area contributed by atoms with Gasteiger partial charge in [0.25, 0.3) is 0 Å². The van der Waals surface area contributed by atoms with Crippen LogP contribution in [0.5, 0.6) is 0 Å². The molecule has 0 fully saturated rings. The summed E-state index contributed by atoms with van der Waals surface area (Å²) in [7, 11) is 1.97. The first-order valence-electron chi connectivity index (χ1n) is 6.27. The molecule has 1 N–H and O–H groups in total. The minimum absolute atomic E-state index is 0.0261. The number of unbranched alkanes of at least 4 members (excludes halogenated alkanes) is 1. The lowest BCUT2D eigenvalue weighted by atomic mass is 10.2. The molecule has 0 radical (unpaired) electrons. The molecule has 0 aliphatic carbocycles. The van der Waals surface area contributed by atoms with Gasteiger partial charge < -0.3 is 5.32 Å². The standard InChI is InChI=1S/C14H21BrN2O/c1-4-5-8-17(3)10-14(18)16-13-7-6-11(2)9-12(13)15/h6-7,9H,4-5,8,10H2,1-3H3,(H,16,18). The number of anilines is 1. The molecule has 4 heteroatoms. The summed E-state index contributed by atoms with van der Waals surface area (Å²) in [4.78, 5) is 13.9. The van der Waals surface area contributed by atoms with Gasteiger partial charge in [-0.05, 0) is 60.6 Å². The average Bonchev–Trinajstić information content (AvgIpc) is 2.30. The second-order valence-corrected chi connectivity index (χ2v) is 5.48. The van der Waals surface area contributed by atoms with Gasteiger partial charge in [-0.15, -0.1) is 0 Å². The van der Waals surface area contributed by atoms with E-state index in [1.807, 2.05) is 37.1 Å². The van der Waals surface area contributed by atoms with E-state index in [9.17, 15) is 4.79 Å². The normalized spacial score (nSPS) is 10.7. The van der Waals surface area contributed by atoms with Gasteiger partial charge in [-0.3, -0.25) is 9.69 Å². The van der Waals surface area contributed by atoms with E-state index >= 15 is 0 Å². The Kier molecular flexibility index (Phi) is 6.36. The number of carbonyl (C=O) groups excluding carboxylic acids is 1. The highest BCUT2D eigenvalue weighted by molar-refractivity contribution is 9.10. The summed E-state index contributed by atoms with van der Waals surface area (Å²) >= 11 is 3.46. The highest BCUT2D eigenvalue weighted by atomic mass is 79.9. The summed E-state index contributed by atoms with van der Waals surface area (Å²) in [5, 5.41) is 2.92. The molecule has 1 amide bonds. The minimum Gasteiger partial charge on any atom is -0.324 e. The largest absolute Gasteiger partial charge is 0.324 e. The van der Waals surface area contributed by atoms with Gasteiger partial charge in [0.2, 0.25) is 5.91 Å². The quantitative estimate of drug-likeness (QED) is 0.873. The molecular formula is C14H21BrN2O. The lowest BCUT2D eigenvalue weighted by molar-refractivity contribution is -0.117. The van der Waals surface area contributed by atoms with Crippen LogP contribution in [0.3, 0.4) is 0 Å². The lowest BCUT2D eigenvalue weighted by Gasteiger charge is -2.16. The summed E-state index contributed by atoms with van der Waals surface area (Å²) in [5.41, 5.74) is 1.99. The maximum Gasteiger partial charge on any atom is 0.238 e. The number of hydrogen-bond donors (Lipinski definition) is 1. The van der Waals surface area contributed by atoms with Gasteiger partial charge in [0.1, 0.15) is 0 Å². The Hall–Kier alpha value is -0.870. The van der Waals surface area contributed by atoms with E-state index in [-0.39, 0.29) is 5.91 Å². The van der Waals surface area contributed by atoms with E-state index in [4.69, 9.17) is 0 Å². The Bertz CT molecular complexity index is 407. The highest BCUT2D eigenvalue weighted by Crippen LogP contribution is 2.23. The molecule has 1 aromatic carbocycles. The third-order valence-corrected chi connectivity index (χ3v) is 3.36. The predicted octanol–water partition coefficient (Wildman–Crippen LogP) is 3.43. The molecule has 0 spiro atoms. The van der Waals surface area contributed by atoms with Crippen molar-refractivity contribution in [2.75, 3.05) is 25.5 Å². The van der Waals surface area contributed by atoms with Crippen LogP contribution < -0.4 is 5.32 Å². The number of nitrogens with zero attached hydrogens (tertiary/aromatic N) is 1. The fourth-order valence-corrected chi connectivity index (χ4v) is 2.26. The molecule has 3 nitrogen and oxygen atoms in total. The summed E-state index contributed by atoms with van der Waals surface area (Å²) in [6, 6.07) is 5.90. The topological polar surface area (TPSA) is 32.3 Å². The van der Waals surface area contributed by atoms with Crippen molar-refractivity contribution in [1.29, 1.82) is 0 Å². The van der Waals surface area contributed by atoms with Crippen molar-refractivity contribution >= 4 is 27.5 Å². The van der Waals surface area contributed by atoms with E-state index in [1.165, 1.54) is 5.56 Å². The molecule has 18 heavy (non-hydrogen) atoms. The number of nitrogens with one attached hydrogen (secondary N) is 1. The number of halogens is 1. The van der Waals surface area contributed by atoms with Crippen LogP contribution >= 0.6 is 15.9 Å². The van der Waals surface area contributed by atoms with Gasteiger partial charge in [-0.2, -0.15) is 0 Å². The van der Waals surface area contributed by atoms with Crippen molar-refractivity contribution in [2.24, 2.45) is 0 Å². The van der Waals surface area contributed by atoms with Gasteiger partial charge in [0.15, 0.2) is 0 Å². The van der Waals surface area contributed by atoms with Gasteiger partial charge in [-0.25, -0.2) is 0 Å². The second-order valence-electron chi connectivity index (χ2n) is 4.62. The maximum absolute atomic E-state index is 11.8. The Morgan fingerprint density at radius 2 is 2.17 bits per heavy atom. The van der Waals surface area contributed by atoms with E-state index in [0.717, 1.165) is 29.5 Å². The van der Waals surface area contributed by atoms with Gasteiger partial charge >= 0.3 is 0 Å². The van der Waals surface area contributed by atoms with Gasteiger partial charge in [0, 0.05) is 4.47 Å². The number of amides is 1. The van der Waals surface area contributed by atoms with Gasteiger partial charge in [0.05, 0.1) is 12.2 Å². The van der Waals surface area contributed by atoms with E-state index in [0.29, 0.717) is 6.54 Å². The SMILES string of the molecule is CCCCN(C)CC(=O)Nc1ccc(C)cc1Br. The number of rotatable bonds is 6. The summed E-state index contributed by atoms with van der Waals surface area (Å²) in [6.07, 6.45) is 2.27. The van der Waals surface area contributed by atoms with Crippen LogP contribution in [0.15, 0.2) is 22.7 Å². The van der Waals surface area contributed by atoms with Crippen molar-refractivity contribution in [2.45, 2.75) is 26.7 Å². The van der Waals surface area contributed by atoms with Crippen LogP contribution in [-0.4, -0.2) is 30.9 Å². The summed E-state index contributed by atoms with van der Waals surface area (Å²) in [5.74, 6) is 0.0261. The molecule has 0 atom stereocenters. The Balaban J connectivity index is 2.49. The monoisotopic (exact) mass is 312 g/mol. The van der Waals surface area contributed by atoms with E-state index < -0.39 is 0 Å². The zero-order valence-electron chi connectivity index (χ0n) is 11.3. The molecule has 100 valence electrons. The van der Waals surface area contributed by atoms with Crippen LogP contribution in [0.1, 0.15) is 25.3 Å². The zero-order chi connectivity index (χ0) is 13.5. The molecule has 1 aromatic rings. The first-order chi connectivity index (χ1) is 8.52. The fraction of sp³-hybridized carbons (Fsp3) is 0.500. The van der Waals surface area contributed by atoms with Crippen molar-refractivity contribution in [3.63, 3.8) is 0 Å². The Morgan fingerprint density at radius 1 is 1.44 bits per heavy atom. The third-order valence-electron chi connectivity index (χ3n) is 2.71. The Morgan fingerprint density at radius 3 is 2.78 bits per heavy atom. The first-order valence-corrected chi connectivity index (χ1v) is 7.06. The Labute approximate surface area is 118 Å². The highest BCUT2D eigenvalue weighted by Gasteiger charge is 2.08. The molecule has 0 aromatic heterocycles.